The van der Waals surface area contributed by atoms with Crippen LogP contribution in [-0.2, 0) is 6.54 Å². The van der Waals surface area contributed by atoms with Gasteiger partial charge in [0.1, 0.15) is 11.5 Å². The van der Waals surface area contributed by atoms with Crippen molar-refractivity contribution in [2.24, 2.45) is 0 Å². The fraction of sp³-hybridized carbons (Fsp3) is 0.250. The Labute approximate surface area is 129 Å². The van der Waals surface area contributed by atoms with E-state index in [9.17, 15) is 4.79 Å². The van der Waals surface area contributed by atoms with E-state index >= 15 is 0 Å². The Morgan fingerprint density at radius 2 is 2.00 bits per heavy atom. The Morgan fingerprint density at radius 1 is 1.18 bits per heavy atom. The number of rotatable bonds is 6. The lowest BCUT2D eigenvalue weighted by molar-refractivity contribution is 0.241. The summed E-state index contributed by atoms with van der Waals surface area (Å²) in [5.74, 6) is 1.86. The molecule has 0 bridgehead atoms. The van der Waals surface area contributed by atoms with Gasteiger partial charge in [-0.15, -0.1) is 0 Å². The number of aromatic nitrogens is 1. The maximum Gasteiger partial charge on any atom is 0.315 e. The van der Waals surface area contributed by atoms with Crippen molar-refractivity contribution in [2.75, 3.05) is 13.7 Å². The lowest BCUT2D eigenvalue weighted by Gasteiger charge is -2.08. The fourth-order valence-electron chi connectivity index (χ4n) is 1.77. The highest BCUT2D eigenvalue weighted by Crippen LogP contribution is 2.23. The molecule has 0 atom stereocenters. The van der Waals surface area contributed by atoms with Gasteiger partial charge in [-0.25, -0.2) is 9.78 Å². The van der Waals surface area contributed by atoms with E-state index in [-0.39, 0.29) is 6.03 Å². The van der Waals surface area contributed by atoms with Gasteiger partial charge >= 0.3 is 6.03 Å². The Hall–Kier alpha value is -2.76. The standard InChI is InChI=1S/C16H19N3O3/c1-3-17-16(20)19-11-12-7-8-15(18-10-12)22-14-6-4-5-13(9-14)21-2/h4-10H,3,11H2,1-2H3,(H2,17,19,20). The third-order valence-corrected chi connectivity index (χ3v) is 2.85. The van der Waals surface area contributed by atoms with E-state index in [1.54, 1.807) is 25.4 Å². The van der Waals surface area contributed by atoms with Crippen molar-refractivity contribution >= 4 is 6.03 Å². The first kappa shape index (κ1) is 15.6. The van der Waals surface area contributed by atoms with Crippen LogP contribution in [0, 0.1) is 0 Å². The van der Waals surface area contributed by atoms with Crippen LogP contribution in [0.2, 0.25) is 0 Å². The molecular formula is C16H19N3O3. The van der Waals surface area contributed by atoms with Gasteiger partial charge in [0, 0.05) is 31.4 Å². The number of nitrogens with one attached hydrogen (secondary N) is 2. The second kappa shape index (κ2) is 7.87. The maximum absolute atomic E-state index is 11.3. The van der Waals surface area contributed by atoms with Gasteiger partial charge in [0.15, 0.2) is 0 Å². The highest BCUT2D eigenvalue weighted by molar-refractivity contribution is 5.73. The Morgan fingerprint density at radius 3 is 2.68 bits per heavy atom. The molecular weight excluding hydrogens is 282 g/mol. The van der Waals surface area contributed by atoms with Gasteiger partial charge in [0.05, 0.1) is 7.11 Å². The van der Waals surface area contributed by atoms with Crippen LogP contribution in [0.5, 0.6) is 17.4 Å². The van der Waals surface area contributed by atoms with E-state index in [0.29, 0.717) is 24.7 Å². The van der Waals surface area contributed by atoms with Gasteiger partial charge < -0.3 is 20.1 Å². The van der Waals surface area contributed by atoms with E-state index in [1.165, 1.54) is 0 Å². The third-order valence-electron chi connectivity index (χ3n) is 2.85. The first-order valence-electron chi connectivity index (χ1n) is 7.00. The van der Waals surface area contributed by atoms with Crippen LogP contribution in [0.4, 0.5) is 4.79 Å². The van der Waals surface area contributed by atoms with Crippen molar-refractivity contribution in [2.45, 2.75) is 13.5 Å². The molecule has 0 aliphatic rings. The zero-order chi connectivity index (χ0) is 15.8. The Kier molecular flexibility index (Phi) is 5.59. The molecule has 0 saturated heterocycles. The van der Waals surface area contributed by atoms with E-state index in [2.05, 4.69) is 15.6 Å². The number of amides is 2. The maximum atomic E-state index is 11.3. The quantitative estimate of drug-likeness (QED) is 0.860. The summed E-state index contributed by atoms with van der Waals surface area (Å²) in [6.07, 6.45) is 1.67. The van der Waals surface area contributed by atoms with Gasteiger partial charge in [-0.2, -0.15) is 0 Å². The minimum Gasteiger partial charge on any atom is -0.497 e. The van der Waals surface area contributed by atoms with E-state index < -0.39 is 0 Å². The lowest BCUT2D eigenvalue weighted by atomic mass is 10.3. The number of methoxy groups -OCH3 is 1. The summed E-state index contributed by atoms with van der Waals surface area (Å²) >= 11 is 0. The fourth-order valence-corrected chi connectivity index (χ4v) is 1.77. The molecule has 1 aromatic heterocycles. The largest absolute Gasteiger partial charge is 0.497 e. The molecule has 2 N–H and O–H groups in total. The number of hydrogen-bond acceptors (Lipinski definition) is 4. The second-order valence-electron chi connectivity index (χ2n) is 4.50. The number of benzene rings is 1. The summed E-state index contributed by atoms with van der Waals surface area (Å²) in [6, 6.07) is 10.7. The molecule has 0 spiro atoms. The van der Waals surface area contributed by atoms with E-state index in [4.69, 9.17) is 9.47 Å². The molecule has 0 aliphatic carbocycles. The van der Waals surface area contributed by atoms with Crippen LogP contribution in [0.15, 0.2) is 42.6 Å². The zero-order valence-electron chi connectivity index (χ0n) is 12.6. The van der Waals surface area contributed by atoms with Crippen molar-refractivity contribution in [3.8, 4) is 17.4 Å². The molecule has 0 radical (unpaired) electrons. The smallest absolute Gasteiger partial charge is 0.315 e. The van der Waals surface area contributed by atoms with Crippen molar-refractivity contribution < 1.29 is 14.3 Å². The molecule has 6 heteroatoms. The minimum absolute atomic E-state index is 0.195. The third kappa shape index (κ3) is 4.66. The number of carbonyl (C=O) groups excluding carboxylic acids is 1. The lowest BCUT2D eigenvalue weighted by Crippen LogP contribution is -2.34. The average Bonchev–Trinajstić information content (AvgIpc) is 2.55. The Balaban J connectivity index is 1.92. The van der Waals surface area contributed by atoms with E-state index in [1.807, 2.05) is 31.2 Å². The summed E-state index contributed by atoms with van der Waals surface area (Å²) in [6.45, 7) is 2.88. The summed E-state index contributed by atoms with van der Waals surface area (Å²) < 4.78 is 10.8. The van der Waals surface area contributed by atoms with Gasteiger partial charge in [-0.3, -0.25) is 0 Å². The molecule has 116 valence electrons. The average molecular weight is 301 g/mol. The van der Waals surface area contributed by atoms with Gasteiger partial charge in [-0.05, 0) is 24.6 Å². The molecule has 6 nitrogen and oxygen atoms in total. The molecule has 1 heterocycles. The highest BCUT2D eigenvalue weighted by atomic mass is 16.5. The van der Waals surface area contributed by atoms with Crippen LogP contribution >= 0.6 is 0 Å². The molecule has 0 unspecified atom stereocenters. The summed E-state index contributed by atoms with van der Waals surface area (Å²) in [4.78, 5) is 15.5. The van der Waals surface area contributed by atoms with Crippen LogP contribution in [0.3, 0.4) is 0 Å². The van der Waals surface area contributed by atoms with Gasteiger partial charge in [0.2, 0.25) is 5.88 Å². The summed E-state index contributed by atoms with van der Waals surface area (Å²) in [5.41, 5.74) is 0.893. The molecule has 2 aromatic rings. The number of urea groups is 1. The molecule has 0 saturated carbocycles. The van der Waals surface area contributed by atoms with Crippen LogP contribution in [0.25, 0.3) is 0 Å². The van der Waals surface area contributed by atoms with Crippen LogP contribution < -0.4 is 20.1 Å². The number of hydrogen-bond donors (Lipinski definition) is 2. The van der Waals surface area contributed by atoms with Crippen molar-refractivity contribution in [3.05, 3.63) is 48.2 Å². The second-order valence-corrected chi connectivity index (χ2v) is 4.50. The van der Waals surface area contributed by atoms with Crippen LogP contribution in [-0.4, -0.2) is 24.7 Å². The highest BCUT2D eigenvalue weighted by Gasteiger charge is 2.02. The predicted molar refractivity (Wildman–Crippen MR) is 83.2 cm³/mol. The van der Waals surface area contributed by atoms with Crippen molar-refractivity contribution in [1.29, 1.82) is 0 Å². The monoisotopic (exact) mass is 301 g/mol. The van der Waals surface area contributed by atoms with Crippen molar-refractivity contribution in [3.63, 3.8) is 0 Å². The SMILES string of the molecule is CCNC(=O)NCc1ccc(Oc2cccc(OC)c2)nc1. The predicted octanol–water partition coefficient (Wildman–Crippen LogP) is 2.70. The molecule has 2 rings (SSSR count). The number of ether oxygens (including phenoxy) is 2. The summed E-state index contributed by atoms with van der Waals surface area (Å²) in [5, 5.41) is 5.40. The number of nitrogens with zero attached hydrogens (tertiary/aromatic N) is 1. The molecule has 0 fully saturated rings. The first-order chi connectivity index (χ1) is 10.7. The van der Waals surface area contributed by atoms with Crippen molar-refractivity contribution in [1.82, 2.24) is 15.6 Å². The topological polar surface area (TPSA) is 72.5 Å². The molecule has 1 aromatic carbocycles. The molecule has 22 heavy (non-hydrogen) atoms. The van der Waals surface area contributed by atoms with Gasteiger partial charge in [-0.1, -0.05) is 12.1 Å². The first-order valence-corrected chi connectivity index (χ1v) is 7.00. The number of pyridine rings is 1. The van der Waals surface area contributed by atoms with E-state index in [0.717, 1.165) is 11.3 Å². The minimum atomic E-state index is -0.195. The number of carbonyl (C=O) groups is 1. The molecule has 0 aliphatic heterocycles. The summed E-state index contributed by atoms with van der Waals surface area (Å²) in [7, 11) is 1.61. The zero-order valence-corrected chi connectivity index (χ0v) is 12.6. The molecule has 2 amide bonds. The van der Waals surface area contributed by atoms with Gasteiger partial charge in [0.25, 0.3) is 0 Å². The van der Waals surface area contributed by atoms with Crippen LogP contribution in [0.1, 0.15) is 12.5 Å². The Bertz CT molecular complexity index is 614. The normalized spacial score (nSPS) is 9.91.